The fourth-order valence-electron chi connectivity index (χ4n) is 2.73. The number of benzene rings is 1. The lowest BCUT2D eigenvalue weighted by atomic mass is 10.1. The average Bonchev–Trinajstić information content (AvgIpc) is 3.12. The first-order valence-corrected chi connectivity index (χ1v) is 7.60. The lowest BCUT2D eigenvalue weighted by Crippen LogP contribution is -2.32. The van der Waals surface area contributed by atoms with Crippen LogP contribution in [0.25, 0.3) is 0 Å². The number of hydrogen-bond donors (Lipinski definition) is 1. The summed E-state index contributed by atoms with van der Waals surface area (Å²) in [5, 5.41) is 3.89. The summed E-state index contributed by atoms with van der Waals surface area (Å²) >= 11 is 1.54. The predicted octanol–water partition coefficient (Wildman–Crippen LogP) is 3.59. The second-order valence-electron chi connectivity index (χ2n) is 5.04. The van der Waals surface area contributed by atoms with Crippen molar-refractivity contribution in [1.29, 1.82) is 0 Å². The molecule has 0 spiro atoms. The molecule has 0 bridgehead atoms. The number of nitrogen functional groups attached to an aromatic ring is 1. The molecule has 2 aromatic rings. The third-order valence-electron chi connectivity index (χ3n) is 3.78. The molecular weight excluding hydrogens is 294 g/mol. The number of amides is 1. The first kappa shape index (κ1) is 14.0. The number of rotatable bonds is 2. The van der Waals surface area contributed by atoms with Crippen molar-refractivity contribution in [2.45, 2.75) is 18.9 Å². The van der Waals surface area contributed by atoms with E-state index >= 15 is 0 Å². The van der Waals surface area contributed by atoms with Gasteiger partial charge in [-0.3, -0.25) is 4.79 Å². The van der Waals surface area contributed by atoms with Gasteiger partial charge in [-0.25, -0.2) is 8.78 Å². The Bertz CT molecular complexity index is 673. The Kier molecular flexibility index (Phi) is 3.63. The van der Waals surface area contributed by atoms with Gasteiger partial charge in [0.05, 0.1) is 11.7 Å². The van der Waals surface area contributed by atoms with Gasteiger partial charge >= 0.3 is 0 Å². The molecule has 1 saturated heterocycles. The van der Waals surface area contributed by atoms with E-state index in [0.717, 1.165) is 30.5 Å². The van der Waals surface area contributed by atoms with Gasteiger partial charge in [0.1, 0.15) is 11.4 Å². The zero-order valence-electron chi connectivity index (χ0n) is 11.2. The van der Waals surface area contributed by atoms with Gasteiger partial charge in [0.25, 0.3) is 5.91 Å². The van der Waals surface area contributed by atoms with Crippen molar-refractivity contribution in [1.82, 2.24) is 4.90 Å². The minimum absolute atomic E-state index is 0.121. The molecule has 0 saturated carbocycles. The zero-order chi connectivity index (χ0) is 15.0. The average molecular weight is 308 g/mol. The number of nitrogens with two attached hydrogens (primary N) is 1. The van der Waals surface area contributed by atoms with Crippen LogP contribution in [0.15, 0.2) is 29.0 Å². The summed E-state index contributed by atoms with van der Waals surface area (Å²) in [6, 6.07) is 3.97. The van der Waals surface area contributed by atoms with Crippen molar-refractivity contribution in [3.63, 3.8) is 0 Å². The van der Waals surface area contributed by atoms with Gasteiger partial charge in [0, 0.05) is 6.54 Å². The number of hydrogen-bond acceptors (Lipinski definition) is 3. The van der Waals surface area contributed by atoms with Crippen molar-refractivity contribution in [3.05, 3.63) is 51.7 Å². The van der Waals surface area contributed by atoms with E-state index in [9.17, 15) is 13.6 Å². The summed E-state index contributed by atoms with van der Waals surface area (Å²) < 4.78 is 27.9. The van der Waals surface area contributed by atoms with E-state index in [1.54, 1.807) is 0 Å². The molecular formula is C15H14F2N2OS. The van der Waals surface area contributed by atoms with Gasteiger partial charge in [-0.05, 0) is 47.4 Å². The van der Waals surface area contributed by atoms with Crippen LogP contribution < -0.4 is 5.73 Å². The van der Waals surface area contributed by atoms with E-state index in [2.05, 4.69) is 0 Å². The number of halogens is 2. The maximum Gasteiger partial charge on any atom is 0.260 e. The number of anilines is 1. The number of nitrogens with zero attached hydrogens (tertiary/aromatic N) is 1. The SMILES string of the molecule is Nc1ccc(F)c(C(=O)N2CCCC2c2ccsc2)c1F. The van der Waals surface area contributed by atoms with Crippen LogP contribution in [0, 0.1) is 11.6 Å². The Morgan fingerprint density at radius 3 is 2.86 bits per heavy atom. The largest absolute Gasteiger partial charge is 0.396 e. The van der Waals surface area contributed by atoms with Crippen LogP contribution >= 0.6 is 11.3 Å². The van der Waals surface area contributed by atoms with Crippen molar-refractivity contribution >= 4 is 22.9 Å². The zero-order valence-corrected chi connectivity index (χ0v) is 12.0. The molecule has 2 N–H and O–H groups in total. The quantitative estimate of drug-likeness (QED) is 0.862. The summed E-state index contributed by atoms with van der Waals surface area (Å²) in [4.78, 5) is 14.1. The maximum atomic E-state index is 14.0. The van der Waals surface area contributed by atoms with Crippen molar-refractivity contribution < 1.29 is 13.6 Å². The van der Waals surface area contributed by atoms with E-state index in [1.165, 1.54) is 16.2 Å². The van der Waals surface area contributed by atoms with Crippen LogP contribution in [-0.4, -0.2) is 17.4 Å². The highest BCUT2D eigenvalue weighted by atomic mass is 32.1. The predicted molar refractivity (Wildman–Crippen MR) is 78.1 cm³/mol. The van der Waals surface area contributed by atoms with Crippen LogP contribution in [0.1, 0.15) is 34.8 Å². The standard InChI is InChI=1S/C15H14F2N2OS/c16-10-3-4-11(18)14(17)13(10)15(20)19-6-1-2-12(19)9-5-7-21-8-9/h3-5,7-8,12H,1-2,6,18H2. The van der Waals surface area contributed by atoms with E-state index < -0.39 is 23.1 Å². The van der Waals surface area contributed by atoms with Gasteiger partial charge < -0.3 is 10.6 Å². The molecule has 1 aromatic carbocycles. The molecule has 3 nitrogen and oxygen atoms in total. The Labute approximate surface area is 125 Å². The topological polar surface area (TPSA) is 46.3 Å². The van der Waals surface area contributed by atoms with Gasteiger partial charge in [-0.15, -0.1) is 0 Å². The van der Waals surface area contributed by atoms with E-state index in [-0.39, 0.29) is 11.7 Å². The fourth-order valence-corrected chi connectivity index (χ4v) is 3.44. The minimum atomic E-state index is -0.976. The van der Waals surface area contributed by atoms with Crippen LogP contribution in [0.3, 0.4) is 0 Å². The van der Waals surface area contributed by atoms with E-state index in [0.29, 0.717) is 6.54 Å². The Morgan fingerprint density at radius 1 is 1.33 bits per heavy atom. The monoisotopic (exact) mass is 308 g/mol. The van der Waals surface area contributed by atoms with Crippen LogP contribution in [-0.2, 0) is 0 Å². The highest BCUT2D eigenvalue weighted by Gasteiger charge is 2.33. The van der Waals surface area contributed by atoms with Crippen molar-refractivity contribution in [2.75, 3.05) is 12.3 Å². The third kappa shape index (κ3) is 2.40. The minimum Gasteiger partial charge on any atom is -0.396 e. The molecule has 2 heterocycles. The first-order chi connectivity index (χ1) is 10.1. The second-order valence-corrected chi connectivity index (χ2v) is 5.82. The summed E-state index contributed by atoms with van der Waals surface area (Å²) in [5.41, 5.74) is 5.68. The van der Waals surface area contributed by atoms with Crippen LogP contribution in [0.5, 0.6) is 0 Å². The Hall–Kier alpha value is -1.95. The molecule has 1 aliphatic heterocycles. The molecule has 110 valence electrons. The normalized spacial score (nSPS) is 18.2. The Balaban J connectivity index is 1.97. The van der Waals surface area contributed by atoms with E-state index in [1.807, 2.05) is 16.8 Å². The molecule has 1 aromatic heterocycles. The molecule has 3 rings (SSSR count). The van der Waals surface area contributed by atoms with Gasteiger partial charge in [0.15, 0.2) is 5.82 Å². The lowest BCUT2D eigenvalue weighted by molar-refractivity contribution is 0.0726. The summed E-state index contributed by atoms with van der Waals surface area (Å²) in [5.74, 6) is -2.48. The molecule has 1 aliphatic rings. The highest BCUT2D eigenvalue weighted by Crippen LogP contribution is 2.35. The van der Waals surface area contributed by atoms with Gasteiger partial charge in [-0.1, -0.05) is 0 Å². The molecule has 1 atom stereocenters. The molecule has 21 heavy (non-hydrogen) atoms. The molecule has 6 heteroatoms. The second kappa shape index (κ2) is 5.44. The van der Waals surface area contributed by atoms with Crippen molar-refractivity contribution in [2.24, 2.45) is 0 Å². The first-order valence-electron chi connectivity index (χ1n) is 6.66. The number of carbonyl (C=O) groups excluding carboxylic acids is 1. The number of carbonyl (C=O) groups is 1. The summed E-state index contributed by atoms with van der Waals surface area (Å²) in [6.07, 6.45) is 1.62. The van der Waals surface area contributed by atoms with Crippen LogP contribution in [0.4, 0.5) is 14.5 Å². The summed E-state index contributed by atoms with van der Waals surface area (Å²) in [6.45, 7) is 0.493. The molecule has 1 fully saturated rings. The molecule has 1 unspecified atom stereocenters. The molecule has 0 aliphatic carbocycles. The molecule has 1 amide bonds. The van der Waals surface area contributed by atoms with Gasteiger partial charge in [-0.2, -0.15) is 11.3 Å². The maximum absolute atomic E-state index is 14.0. The number of thiophene rings is 1. The third-order valence-corrected chi connectivity index (χ3v) is 4.48. The lowest BCUT2D eigenvalue weighted by Gasteiger charge is -2.24. The molecule has 0 radical (unpaired) electrons. The van der Waals surface area contributed by atoms with E-state index in [4.69, 9.17) is 5.73 Å². The van der Waals surface area contributed by atoms with Crippen molar-refractivity contribution in [3.8, 4) is 0 Å². The Morgan fingerprint density at radius 2 is 2.14 bits per heavy atom. The van der Waals surface area contributed by atoms with Gasteiger partial charge in [0.2, 0.25) is 0 Å². The smallest absolute Gasteiger partial charge is 0.260 e. The number of likely N-dealkylation sites (tertiary alicyclic amines) is 1. The summed E-state index contributed by atoms with van der Waals surface area (Å²) in [7, 11) is 0. The highest BCUT2D eigenvalue weighted by molar-refractivity contribution is 7.07. The fraction of sp³-hybridized carbons (Fsp3) is 0.267. The van der Waals surface area contributed by atoms with Crippen LogP contribution in [0.2, 0.25) is 0 Å².